The topological polar surface area (TPSA) is 65.0 Å². The van der Waals surface area contributed by atoms with Gasteiger partial charge in [-0.05, 0) is 84.0 Å². The van der Waals surface area contributed by atoms with Crippen LogP contribution in [0, 0.1) is 56.7 Å². The number of hydrogen-bond donors (Lipinski definition) is 1. The van der Waals surface area contributed by atoms with Gasteiger partial charge in [0.1, 0.15) is 6.61 Å². The molecule has 238 valence electrons. The highest BCUT2D eigenvalue weighted by Gasteiger charge is 2.71. The number of benzene rings is 1. The fraction of sp³-hybridized carbons (Fsp3) is 0.763. The number of hydrogen-bond acceptors (Lipinski definition) is 5. The van der Waals surface area contributed by atoms with E-state index in [9.17, 15) is 9.90 Å². The third-order valence-corrected chi connectivity index (χ3v) is 14.6. The van der Waals surface area contributed by atoms with Crippen LogP contribution in [-0.2, 0) is 25.6 Å². The van der Waals surface area contributed by atoms with Crippen molar-refractivity contribution in [2.75, 3.05) is 20.3 Å². The summed E-state index contributed by atoms with van der Waals surface area (Å²) in [5.74, 6) is 1.41. The maximum atomic E-state index is 14.5. The fourth-order valence-corrected chi connectivity index (χ4v) is 11.6. The molecule has 1 N–H and O–H groups in total. The van der Waals surface area contributed by atoms with E-state index in [0.717, 1.165) is 44.1 Å². The van der Waals surface area contributed by atoms with E-state index >= 15 is 0 Å². The molecule has 1 aromatic rings. The minimum atomic E-state index is -0.519. The molecular weight excluding hydrogens is 536 g/mol. The first-order chi connectivity index (χ1) is 20.3. The maximum absolute atomic E-state index is 14.5. The summed E-state index contributed by atoms with van der Waals surface area (Å²) in [4.78, 5) is 14.5. The summed E-state index contributed by atoms with van der Waals surface area (Å²) in [6.45, 7) is 18.1. The van der Waals surface area contributed by atoms with E-state index < -0.39 is 6.10 Å². The number of carbonyl (C=O) groups is 1. The predicted octanol–water partition coefficient (Wildman–Crippen LogP) is 7.61. The lowest BCUT2D eigenvalue weighted by molar-refractivity contribution is -0.257. The summed E-state index contributed by atoms with van der Waals surface area (Å²) in [5.41, 5.74) is 1.72. The average molecular weight is 593 g/mol. The number of allylic oxidation sites excluding steroid dienone is 1. The molecule has 43 heavy (non-hydrogen) atoms. The Kier molecular flexibility index (Phi) is 7.79. The second-order valence-corrected chi connectivity index (χ2v) is 16.5. The van der Waals surface area contributed by atoms with Crippen molar-refractivity contribution in [3.8, 4) is 0 Å². The number of methoxy groups -OCH3 is 1. The van der Waals surface area contributed by atoms with Crippen LogP contribution in [0.25, 0.3) is 0 Å². The fourth-order valence-electron chi connectivity index (χ4n) is 11.6. The van der Waals surface area contributed by atoms with E-state index in [4.69, 9.17) is 14.2 Å². The Labute approximate surface area is 260 Å². The summed E-state index contributed by atoms with van der Waals surface area (Å²) >= 11 is 0. The zero-order valence-corrected chi connectivity index (χ0v) is 27.9. The molecule has 2 bridgehead atoms. The Morgan fingerprint density at radius 2 is 1.74 bits per heavy atom. The number of rotatable bonds is 6. The molecule has 3 saturated carbocycles. The monoisotopic (exact) mass is 592 g/mol. The second-order valence-electron chi connectivity index (χ2n) is 16.5. The smallest absolute Gasteiger partial charge is 0.310 e. The molecule has 5 nitrogen and oxygen atoms in total. The number of aliphatic hydroxyl groups is 1. The van der Waals surface area contributed by atoms with Crippen LogP contribution in [0.4, 0.5) is 0 Å². The molecule has 4 aliphatic carbocycles. The van der Waals surface area contributed by atoms with Crippen molar-refractivity contribution in [1.29, 1.82) is 0 Å². The molecule has 5 aliphatic rings. The summed E-state index contributed by atoms with van der Waals surface area (Å²) in [7, 11) is 1.75. The molecule has 1 heterocycles. The van der Waals surface area contributed by atoms with E-state index in [0.29, 0.717) is 43.5 Å². The molecule has 1 unspecified atom stereocenters. The zero-order chi connectivity index (χ0) is 31.0. The molecular formula is C38H56O5. The molecule has 1 aromatic carbocycles. The molecule has 0 aromatic heterocycles. The first kappa shape index (κ1) is 31.3. The molecule has 0 amide bonds. The molecule has 11 atom stereocenters. The third-order valence-electron chi connectivity index (χ3n) is 14.6. The molecule has 1 aliphatic heterocycles. The zero-order valence-electron chi connectivity index (χ0n) is 27.9. The van der Waals surface area contributed by atoms with Gasteiger partial charge in [0.25, 0.3) is 0 Å². The van der Waals surface area contributed by atoms with E-state index in [1.165, 1.54) is 0 Å². The number of fused-ring (bicyclic) bond motifs is 3. The van der Waals surface area contributed by atoms with Crippen molar-refractivity contribution < 1.29 is 24.1 Å². The van der Waals surface area contributed by atoms with E-state index in [-0.39, 0.29) is 45.1 Å². The molecule has 0 radical (unpaired) electrons. The predicted molar refractivity (Wildman–Crippen MR) is 169 cm³/mol. The van der Waals surface area contributed by atoms with Crippen LogP contribution in [0.3, 0.4) is 0 Å². The molecule has 0 spiro atoms. The van der Waals surface area contributed by atoms with Crippen LogP contribution in [0.2, 0.25) is 0 Å². The van der Waals surface area contributed by atoms with Crippen molar-refractivity contribution in [3.63, 3.8) is 0 Å². The van der Waals surface area contributed by atoms with Gasteiger partial charge in [-0.1, -0.05) is 90.4 Å². The largest absolute Gasteiger partial charge is 0.461 e. The Morgan fingerprint density at radius 1 is 1.02 bits per heavy atom. The highest BCUT2D eigenvalue weighted by molar-refractivity contribution is 5.75. The molecule has 5 heteroatoms. The summed E-state index contributed by atoms with van der Waals surface area (Å²) in [5, 5.41) is 11.5. The average Bonchev–Trinajstić information content (AvgIpc) is 2.98. The highest BCUT2D eigenvalue weighted by Crippen LogP contribution is 2.75. The Bertz CT molecular complexity index is 1240. The van der Waals surface area contributed by atoms with E-state index in [1.54, 1.807) is 12.7 Å². The van der Waals surface area contributed by atoms with Crippen LogP contribution in [-0.4, -0.2) is 43.6 Å². The highest BCUT2D eigenvalue weighted by atomic mass is 16.5. The van der Waals surface area contributed by atoms with Crippen molar-refractivity contribution in [3.05, 3.63) is 47.5 Å². The first-order valence-corrected chi connectivity index (χ1v) is 17.0. The summed E-state index contributed by atoms with van der Waals surface area (Å²) in [6, 6.07) is 10.1. The number of aliphatic hydroxyl groups excluding tert-OH is 1. The van der Waals surface area contributed by atoms with Gasteiger partial charge in [0, 0.05) is 17.9 Å². The Hall–Kier alpha value is -1.69. The lowest BCUT2D eigenvalue weighted by Gasteiger charge is -2.71. The SMILES string of the molecule is CO[C@@H]1C[C@@]23COC[C@@](C)(C2CC[C@H]2C3=CC[C@@]3(C)[C@H](C(=O)OCc4ccccc4)[C@@](C)([C@H](C)C(C)C)CC[C@]23C)[C@H]1O. The normalized spacial score (nSPS) is 46.2. The Morgan fingerprint density at radius 3 is 2.42 bits per heavy atom. The van der Waals surface area contributed by atoms with E-state index in [1.807, 2.05) is 30.3 Å². The van der Waals surface area contributed by atoms with Crippen LogP contribution in [0.1, 0.15) is 92.6 Å². The first-order valence-electron chi connectivity index (χ1n) is 17.0. The van der Waals surface area contributed by atoms with Gasteiger partial charge in [-0.2, -0.15) is 0 Å². The van der Waals surface area contributed by atoms with Gasteiger partial charge in [-0.25, -0.2) is 0 Å². The van der Waals surface area contributed by atoms with Crippen LogP contribution < -0.4 is 0 Å². The standard InChI is InChI=1S/C38H56O5/c1-24(2)25(3)34(4)18-19-36(6)27-14-15-30-35(5)22-42-23-38(30,20-29(41-8)32(35)39)28(27)16-17-37(36,7)31(34)33(40)43-21-26-12-10-9-11-13-26/h9-13,16,24-25,27,29-32,39H,14-15,17-23H2,1-8H3/t25-,27+,29-,30?,31-,32+,34-,35+,36-,37+,38+/m1/s1. The Balaban J connectivity index is 1.42. The van der Waals surface area contributed by atoms with Gasteiger partial charge >= 0.3 is 5.97 Å². The van der Waals surface area contributed by atoms with Crippen LogP contribution in [0.5, 0.6) is 0 Å². The maximum Gasteiger partial charge on any atom is 0.310 e. The molecule has 1 saturated heterocycles. The van der Waals surface area contributed by atoms with Gasteiger partial charge < -0.3 is 19.3 Å². The second kappa shape index (κ2) is 10.7. The summed E-state index contributed by atoms with van der Waals surface area (Å²) < 4.78 is 18.6. The van der Waals surface area contributed by atoms with Gasteiger partial charge in [0.15, 0.2) is 0 Å². The lowest BCUT2D eigenvalue weighted by Crippen LogP contribution is -2.69. The number of esters is 1. The number of carbonyl (C=O) groups excluding carboxylic acids is 1. The van der Waals surface area contributed by atoms with Crippen LogP contribution in [0.15, 0.2) is 42.0 Å². The molecule has 6 rings (SSSR count). The van der Waals surface area contributed by atoms with Gasteiger partial charge in [0.2, 0.25) is 0 Å². The van der Waals surface area contributed by atoms with Crippen molar-refractivity contribution in [2.45, 2.75) is 106 Å². The van der Waals surface area contributed by atoms with Gasteiger partial charge in [0.05, 0.1) is 31.3 Å². The van der Waals surface area contributed by atoms with Crippen LogP contribution >= 0.6 is 0 Å². The van der Waals surface area contributed by atoms with Gasteiger partial charge in [-0.3, -0.25) is 4.79 Å². The third kappa shape index (κ3) is 4.30. The quantitative estimate of drug-likeness (QED) is 0.272. The van der Waals surface area contributed by atoms with Crippen molar-refractivity contribution in [2.24, 2.45) is 56.7 Å². The summed E-state index contributed by atoms with van der Waals surface area (Å²) in [6.07, 6.45) is 7.84. The lowest BCUT2D eigenvalue weighted by atomic mass is 9.34. The minimum absolute atomic E-state index is 0.0233. The number of ether oxygens (including phenoxy) is 3. The van der Waals surface area contributed by atoms with Gasteiger partial charge in [-0.15, -0.1) is 0 Å². The van der Waals surface area contributed by atoms with Crippen molar-refractivity contribution >= 4 is 5.97 Å². The minimum Gasteiger partial charge on any atom is -0.461 e. The van der Waals surface area contributed by atoms with E-state index in [2.05, 4.69) is 54.5 Å². The molecule has 4 fully saturated rings. The van der Waals surface area contributed by atoms with Crippen molar-refractivity contribution in [1.82, 2.24) is 0 Å².